The molecule has 0 atom stereocenters. The van der Waals surface area contributed by atoms with Crippen LogP contribution >= 0.6 is 0 Å². The van der Waals surface area contributed by atoms with Gasteiger partial charge in [0.1, 0.15) is 0 Å². The molecule has 3 radical (unpaired) electrons. The first-order chi connectivity index (χ1) is 7.47. The van der Waals surface area contributed by atoms with Crippen molar-refractivity contribution in [1.29, 1.82) is 0 Å². The van der Waals surface area contributed by atoms with Gasteiger partial charge in [0.2, 0.25) is 10.0 Å². The third-order valence-corrected chi connectivity index (χ3v) is 3.56. The first kappa shape index (κ1) is 18.6. The van der Waals surface area contributed by atoms with Gasteiger partial charge in [-0.3, -0.25) is 0 Å². The zero-order valence-electron chi connectivity index (χ0n) is 11.2. The summed E-state index contributed by atoms with van der Waals surface area (Å²) in [5, 5.41) is 0. The predicted octanol–water partition coefficient (Wildman–Crippen LogP) is 2.61. The smallest absolute Gasteiger partial charge is 0.214 e. The van der Waals surface area contributed by atoms with Crippen LogP contribution in [0.15, 0.2) is 29.2 Å². The van der Waals surface area contributed by atoms with Gasteiger partial charge in [-0.25, -0.2) is 13.1 Å². The van der Waals surface area contributed by atoms with E-state index in [1.165, 1.54) is 7.05 Å². The molecule has 1 aromatic carbocycles. The summed E-state index contributed by atoms with van der Waals surface area (Å²) in [4.78, 5) is 0.310. The van der Waals surface area contributed by atoms with Gasteiger partial charge in [0.25, 0.3) is 0 Å². The van der Waals surface area contributed by atoms with E-state index in [-0.39, 0.29) is 9.84 Å². The van der Waals surface area contributed by atoms with Crippen LogP contribution < -0.4 is 4.72 Å². The van der Waals surface area contributed by atoms with Crippen LogP contribution in [0.25, 0.3) is 0 Å². The van der Waals surface area contributed by atoms with Crippen LogP contribution in [0, 0.1) is 0 Å². The van der Waals surface area contributed by atoms with Gasteiger partial charge in [-0.2, -0.15) is 0 Å². The molecular formula is C12H23BNO2S. The van der Waals surface area contributed by atoms with Crippen molar-refractivity contribution in [2.45, 2.75) is 38.5 Å². The van der Waals surface area contributed by atoms with Gasteiger partial charge in [-0.05, 0) is 30.7 Å². The van der Waals surface area contributed by atoms with E-state index in [0.717, 1.165) is 5.56 Å². The second kappa shape index (κ2) is 8.31. The van der Waals surface area contributed by atoms with Crippen molar-refractivity contribution >= 4 is 18.4 Å². The fourth-order valence-corrected chi connectivity index (χ4v) is 1.88. The number of benzene rings is 1. The third-order valence-electron chi connectivity index (χ3n) is 2.13. The predicted molar refractivity (Wildman–Crippen MR) is 76.0 cm³/mol. The Balaban J connectivity index is -0.000000534. The van der Waals surface area contributed by atoms with Gasteiger partial charge < -0.3 is 0 Å². The molecular weight excluding hydrogens is 233 g/mol. The largest absolute Gasteiger partial charge is 0.240 e. The van der Waals surface area contributed by atoms with E-state index in [1.54, 1.807) is 12.1 Å². The van der Waals surface area contributed by atoms with Crippen molar-refractivity contribution in [3.8, 4) is 0 Å². The molecule has 0 saturated carbocycles. The molecule has 0 aliphatic heterocycles. The lowest BCUT2D eigenvalue weighted by atomic mass is 10.0. The van der Waals surface area contributed by atoms with Gasteiger partial charge in [-0.1, -0.05) is 39.8 Å². The Morgan fingerprint density at radius 1 is 1.12 bits per heavy atom. The highest BCUT2D eigenvalue weighted by molar-refractivity contribution is 7.89. The van der Waals surface area contributed by atoms with Crippen molar-refractivity contribution in [2.24, 2.45) is 0 Å². The molecule has 17 heavy (non-hydrogen) atoms. The minimum atomic E-state index is -3.29. The van der Waals surface area contributed by atoms with Crippen LogP contribution in [0.2, 0.25) is 0 Å². The summed E-state index contributed by atoms with van der Waals surface area (Å²) < 4.78 is 25.0. The molecule has 0 unspecified atom stereocenters. The van der Waals surface area contributed by atoms with Crippen molar-refractivity contribution in [3.05, 3.63) is 29.8 Å². The second-order valence-corrected chi connectivity index (χ2v) is 5.32. The average molecular weight is 256 g/mol. The van der Waals surface area contributed by atoms with Crippen molar-refractivity contribution in [2.75, 3.05) is 7.05 Å². The minimum absolute atomic E-state index is 0. The lowest BCUT2D eigenvalue weighted by Crippen LogP contribution is -2.18. The summed E-state index contributed by atoms with van der Waals surface area (Å²) in [5.41, 5.74) is 1.14. The summed E-state index contributed by atoms with van der Waals surface area (Å²) in [6.45, 7) is 8.14. The van der Waals surface area contributed by atoms with E-state index in [9.17, 15) is 8.42 Å². The molecule has 1 rings (SSSR count). The Kier molecular flexibility index (Phi) is 9.07. The number of hydrogen-bond acceptors (Lipinski definition) is 2. The highest BCUT2D eigenvalue weighted by atomic mass is 32.2. The quantitative estimate of drug-likeness (QED) is 0.845. The standard InChI is InChI=1S/C10H15NO2S.C2H6.B.H2/c1-8(2)9-4-6-10(7-5-9)14(12,13)11-3;1-2;;/h4-8,11H,1-3H3;1-2H3;;1H. The topological polar surface area (TPSA) is 46.2 Å². The molecule has 0 saturated heterocycles. The third kappa shape index (κ3) is 5.37. The van der Waals surface area contributed by atoms with Crippen LogP contribution in [-0.2, 0) is 10.0 Å². The first-order valence-electron chi connectivity index (χ1n) is 5.51. The molecule has 1 N–H and O–H groups in total. The molecule has 0 aromatic heterocycles. The van der Waals surface area contributed by atoms with Crippen LogP contribution in [0.3, 0.4) is 0 Å². The lowest BCUT2D eigenvalue weighted by Gasteiger charge is -2.06. The Bertz CT molecular complexity index is 405. The summed E-state index contributed by atoms with van der Waals surface area (Å²) >= 11 is 0. The van der Waals surface area contributed by atoms with Crippen molar-refractivity contribution in [3.63, 3.8) is 0 Å². The van der Waals surface area contributed by atoms with E-state index in [4.69, 9.17) is 0 Å². The van der Waals surface area contributed by atoms with Crippen LogP contribution in [0.4, 0.5) is 0 Å². The normalized spacial score (nSPS) is 10.2. The highest BCUT2D eigenvalue weighted by Gasteiger charge is 2.10. The van der Waals surface area contributed by atoms with Crippen LogP contribution in [0.1, 0.15) is 40.6 Å². The molecule has 0 bridgehead atoms. The van der Waals surface area contributed by atoms with E-state index < -0.39 is 10.0 Å². The van der Waals surface area contributed by atoms with E-state index in [2.05, 4.69) is 18.6 Å². The maximum Gasteiger partial charge on any atom is 0.240 e. The Morgan fingerprint density at radius 3 is 1.82 bits per heavy atom. The van der Waals surface area contributed by atoms with Crippen LogP contribution in [0.5, 0.6) is 0 Å². The second-order valence-electron chi connectivity index (χ2n) is 3.43. The molecule has 0 amide bonds. The number of hydrogen-bond donors (Lipinski definition) is 1. The summed E-state index contributed by atoms with van der Waals surface area (Å²) in [5.74, 6) is 0.418. The fraction of sp³-hybridized carbons (Fsp3) is 0.500. The van der Waals surface area contributed by atoms with Crippen molar-refractivity contribution in [1.82, 2.24) is 4.72 Å². The molecule has 0 fully saturated rings. The molecule has 0 heterocycles. The Labute approximate surface area is 109 Å². The summed E-state index contributed by atoms with van der Waals surface area (Å²) in [6.07, 6.45) is 0. The SMILES string of the molecule is CC.CNS(=O)(=O)c1ccc(C(C)C)cc1.[B].[HH]. The van der Waals surface area contributed by atoms with Crippen LogP contribution in [-0.4, -0.2) is 23.9 Å². The maximum absolute atomic E-state index is 11.4. The maximum atomic E-state index is 11.4. The van der Waals surface area contributed by atoms with Crippen molar-refractivity contribution < 1.29 is 9.84 Å². The van der Waals surface area contributed by atoms with Gasteiger partial charge in [-0.15, -0.1) is 0 Å². The minimum Gasteiger partial charge on any atom is -0.214 e. The van der Waals surface area contributed by atoms with Gasteiger partial charge in [0.15, 0.2) is 0 Å². The summed E-state index contributed by atoms with van der Waals surface area (Å²) in [6, 6.07) is 6.94. The van der Waals surface area contributed by atoms with E-state index in [1.807, 2.05) is 26.0 Å². The molecule has 5 heteroatoms. The Hall–Kier alpha value is -0.805. The molecule has 0 spiro atoms. The van der Waals surface area contributed by atoms with E-state index in [0.29, 0.717) is 10.8 Å². The monoisotopic (exact) mass is 256 g/mol. The average Bonchev–Trinajstić information content (AvgIpc) is 2.32. The molecule has 3 nitrogen and oxygen atoms in total. The molecule has 97 valence electrons. The number of rotatable bonds is 3. The zero-order valence-corrected chi connectivity index (χ0v) is 12.0. The van der Waals surface area contributed by atoms with Gasteiger partial charge in [0, 0.05) is 9.84 Å². The van der Waals surface area contributed by atoms with Gasteiger partial charge in [0.05, 0.1) is 4.90 Å². The number of sulfonamides is 1. The number of nitrogens with one attached hydrogen (secondary N) is 1. The summed E-state index contributed by atoms with van der Waals surface area (Å²) in [7, 11) is -1.88. The van der Waals surface area contributed by atoms with E-state index >= 15 is 0 Å². The Morgan fingerprint density at radius 2 is 1.53 bits per heavy atom. The first-order valence-corrected chi connectivity index (χ1v) is 6.99. The lowest BCUT2D eigenvalue weighted by molar-refractivity contribution is 0.588. The molecule has 0 aliphatic rings. The van der Waals surface area contributed by atoms with Gasteiger partial charge >= 0.3 is 0 Å². The zero-order chi connectivity index (χ0) is 12.8. The fourth-order valence-electron chi connectivity index (χ4n) is 1.15. The molecule has 0 aliphatic carbocycles. The molecule has 1 aromatic rings. The highest BCUT2D eigenvalue weighted by Crippen LogP contribution is 2.16.